The van der Waals surface area contributed by atoms with Gasteiger partial charge < -0.3 is 20.3 Å². The SMILES string of the molecule is CCCCCCCC/C=C\CCCCCCCC(=O)OCCCCCCCCCCCCCCCC(=O)NC(CO)C(O)/C=C/CCCCCCCCCCCCCCCCCCCCCC. The summed E-state index contributed by atoms with van der Waals surface area (Å²) in [6.45, 7) is 4.89. The number of rotatable bonds is 56. The summed E-state index contributed by atoms with van der Waals surface area (Å²) in [4.78, 5) is 24.5. The Morgan fingerprint density at radius 2 is 0.701 bits per heavy atom. The minimum absolute atomic E-state index is 0.0141. The number of unbranched alkanes of at least 4 members (excludes halogenated alkanes) is 43. The van der Waals surface area contributed by atoms with E-state index < -0.39 is 12.1 Å². The second-order valence-electron chi connectivity index (χ2n) is 20.7. The van der Waals surface area contributed by atoms with Gasteiger partial charge in [0, 0.05) is 12.8 Å². The largest absolute Gasteiger partial charge is 0.466 e. The molecule has 3 N–H and O–H groups in total. The molecule has 0 bridgehead atoms. The Labute approximate surface area is 418 Å². The van der Waals surface area contributed by atoms with Crippen molar-refractivity contribution in [2.75, 3.05) is 13.2 Å². The van der Waals surface area contributed by atoms with Crippen LogP contribution in [0.1, 0.15) is 328 Å². The molecular formula is C61H117NO5. The molecule has 0 rings (SSSR count). The van der Waals surface area contributed by atoms with Crippen LogP contribution in [0.4, 0.5) is 0 Å². The first kappa shape index (κ1) is 65.3. The summed E-state index contributed by atoms with van der Waals surface area (Å²) < 4.78 is 5.47. The average Bonchev–Trinajstić information content (AvgIpc) is 3.33. The van der Waals surface area contributed by atoms with Gasteiger partial charge in [-0.25, -0.2) is 0 Å². The molecule has 1 amide bonds. The van der Waals surface area contributed by atoms with Gasteiger partial charge in [-0.1, -0.05) is 282 Å². The highest BCUT2D eigenvalue weighted by atomic mass is 16.5. The molecule has 0 aromatic heterocycles. The van der Waals surface area contributed by atoms with E-state index in [4.69, 9.17) is 4.74 Å². The number of aliphatic hydroxyl groups excluding tert-OH is 2. The van der Waals surface area contributed by atoms with Gasteiger partial charge in [-0.2, -0.15) is 0 Å². The van der Waals surface area contributed by atoms with E-state index in [9.17, 15) is 19.8 Å². The van der Waals surface area contributed by atoms with E-state index in [-0.39, 0.29) is 18.5 Å². The first-order chi connectivity index (χ1) is 33.0. The van der Waals surface area contributed by atoms with Gasteiger partial charge in [0.25, 0.3) is 0 Å². The van der Waals surface area contributed by atoms with Crippen molar-refractivity contribution >= 4 is 11.9 Å². The highest BCUT2D eigenvalue weighted by Gasteiger charge is 2.18. The molecule has 0 aliphatic carbocycles. The van der Waals surface area contributed by atoms with E-state index >= 15 is 0 Å². The number of carbonyl (C=O) groups excluding carboxylic acids is 2. The van der Waals surface area contributed by atoms with Crippen molar-refractivity contribution in [3.63, 3.8) is 0 Å². The molecule has 0 fully saturated rings. The van der Waals surface area contributed by atoms with E-state index in [1.807, 2.05) is 6.08 Å². The fraction of sp³-hybridized carbons (Fsp3) is 0.902. The third kappa shape index (κ3) is 53.5. The minimum atomic E-state index is -0.854. The summed E-state index contributed by atoms with van der Waals surface area (Å²) in [5, 5.41) is 23.2. The number of hydrogen-bond donors (Lipinski definition) is 3. The van der Waals surface area contributed by atoms with Crippen LogP contribution in [-0.4, -0.2) is 47.4 Å². The van der Waals surface area contributed by atoms with Crippen molar-refractivity contribution < 1.29 is 24.5 Å². The molecule has 0 aliphatic heterocycles. The molecule has 0 saturated carbocycles. The van der Waals surface area contributed by atoms with Gasteiger partial charge in [0.15, 0.2) is 0 Å². The molecule has 0 radical (unpaired) electrons. The predicted octanol–water partition coefficient (Wildman–Crippen LogP) is 18.6. The van der Waals surface area contributed by atoms with Crippen molar-refractivity contribution in [3.8, 4) is 0 Å². The molecule has 0 aromatic rings. The predicted molar refractivity (Wildman–Crippen MR) is 292 cm³/mol. The number of amides is 1. The van der Waals surface area contributed by atoms with Gasteiger partial charge in [0.2, 0.25) is 5.91 Å². The van der Waals surface area contributed by atoms with Crippen LogP contribution in [-0.2, 0) is 14.3 Å². The topological polar surface area (TPSA) is 95.9 Å². The monoisotopic (exact) mass is 944 g/mol. The molecule has 396 valence electrons. The zero-order valence-corrected chi connectivity index (χ0v) is 45.1. The first-order valence-corrected chi connectivity index (χ1v) is 30.1. The zero-order chi connectivity index (χ0) is 48.6. The standard InChI is InChI=1S/C61H117NO5/c1-3-5-7-9-11-13-15-17-19-20-21-22-23-24-25-27-29-33-37-41-45-49-53-59(64)58(57-63)62-60(65)54-50-46-42-38-34-30-28-32-36-40-44-48-52-56-67-61(66)55-51-47-43-39-35-31-26-18-16-14-12-10-8-6-4-2/h18,26,49,53,58-59,63-64H,3-17,19-25,27-48,50-52,54-57H2,1-2H3,(H,62,65)/b26-18-,53-49+. The third-order valence-corrected chi connectivity index (χ3v) is 14.0. The van der Waals surface area contributed by atoms with Crippen molar-refractivity contribution in [3.05, 3.63) is 24.3 Å². The summed E-state index contributed by atoms with van der Waals surface area (Å²) in [5.74, 6) is -0.0922. The lowest BCUT2D eigenvalue weighted by atomic mass is 10.0. The third-order valence-electron chi connectivity index (χ3n) is 14.0. The van der Waals surface area contributed by atoms with E-state index in [0.29, 0.717) is 19.4 Å². The summed E-state index contributed by atoms with van der Waals surface area (Å²) >= 11 is 0. The summed E-state index contributed by atoms with van der Waals surface area (Å²) in [6, 6.07) is -0.639. The highest BCUT2D eigenvalue weighted by Crippen LogP contribution is 2.17. The minimum Gasteiger partial charge on any atom is -0.466 e. The smallest absolute Gasteiger partial charge is 0.305 e. The van der Waals surface area contributed by atoms with Crippen molar-refractivity contribution in [1.29, 1.82) is 0 Å². The number of ether oxygens (including phenoxy) is 1. The Balaban J connectivity index is 3.48. The van der Waals surface area contributed by atoms with Crippen molar-refractivity contribution in [2.24, 2.45) is 0 Å². The van der Waals surface area contributed by atoms with Gasteiger partial charge in [0.1, 0.15) is 0 Å². The lowest BCUT2D eigenvalue weighted by molar-refractivity contribution is -0.143. The Morgan fingerprint density at radius 3 is 1.06 bits per heavy atom. The first-order valence-electron chi connectivity index (χ1n) is 30.1. The van der Waals surface area contributed by atoms with Crippen LogP contribution < -0.4 is 5.32 Å². The molecule has 0 saturated heterocycles. The van der Waals surface area contributed by atoms with Crippen molar-refractivity contribution in [1.82, 2.24) is 5.32 Å². The van der Waals surface area contributed by atoms with Gasteiger partial charge in [-0.15, -0.1) is 0 Å². The van der Waals surface area contributed by atoms with E-state index in [2.05, 4.69) is 31.3 Å². The number of esters is 1. The zero-order valence-electron chi connectivity index (χ0n) is 45.1. The number of allylic oxidation sites excluding steroid dienone is 3. The maximum Gasteiger partial charge on any atom is 0.305 e. The molecule has 0 heterocycles. The van der Waals surface area contributed by atoms with Gasteiger partial charge >= 0.3 is 5.97 Å². The Bertz CT molecular complexity index is 1040. The Hall–Kier alpha value is -1.66. The van der Waals surface area contributed by atoms with E-state index in [1.165, 1.54) is 244 Å². The summed E-state index contributed by atoms with van der Waals surface area (Å²) in [7, 11) is 0. The van der Waals surface area contributed by atoms with Crippen LogP contribution in [0, 0.1) is 0 Å². The van der Waals surface area contributed by atoms with Crippen molar-refractivity contribution in [2.45, 2.75) is 341 Å². The second-order valence-corrected chi connectivity index (χ2v) is 20.7. The normalized spacial score (nSPS) is 12.7. The molecule has 67 heavy (non-hydrogen) atoms. The van der Waals surface area contributed by atoms with Crippen LogP contribution in [0.25, 0.3) is 0 Å². The van der Waals surface area contributed by atoms with Crippen LogP contribution >= 0.6 is 0 Å². The maximum absolute atomic E-state index is 12.5. The highest BCUT2D eigenvalue weighted by molar-refractivity contribution is 5.76. The molecule has 6 heteroatoms. The molecular weight excluding hydrogens is 827 g/mol. The molecule has 0 aromatic carbocycles. The Kier molecular flexibility index (Phi) is 55.5. The summed E-state index contributed by atoms with van der Waals surface area (Å²) in [5.41, 5.74) is 0. The second kappa shape index (κ2) is 56.9. The van der Waals surface area contributed by atoms with Gasteiger partial charge in [0.05, 0.1) is 25.4 Å². The van der Waals surface area contributed by atoms with Gasteiger partial charge in [-0.3, -0.25) is 9.59 Å². The number of carbonyl (C=O) groups is 2. The molecule has 2 unspecified atom stereocenters. The molecule has 2 atom stereocenters. The van der Waals surface area contributed by atoms with Crippen LogP contribution in [0.5, 0.6) is 0 Å². The lowest BCUT2D eigenvalue weighted by Crippen LogP contribution is -2.45. The number of aliphatic hydroxyl groups is 2. The average molecular weight is 945 g/mol. The van der Waals surface area contributed by atoms with E-state index in [0.717, 1.165) is 57.8 Å². The molecule has 6 nitrogen and oxygen atoms in total. The molecule has 0 spiro atoms. The van der Waals surface area contributed by atoms with Gasteiger partial charge in [-0.05, 0) is 57.8 Å². The molecule has 0 aliphatic rings. The van der Waals surface area contributed by atoms with Crippen LogP contribution in [0.2, 0.25) is 0 Å². The number of hydrogen-bond acceptors (Lipinski definition) is 5. The van der Waals surface area contributed by atoms with Crippen LogP contribution in [0.3, 0.4) is 0 Å². The van der Waals surface area contributed by atoms with E-state index in [1.54, 1.807) is 6.08 Å². The Morgan fingerprint density at radius 1 is 0.403 bits per heavy atom. The lowest BCUT2D eigenvalue weighted by Gasteiger charge is -2.20. The summed E-state index contributed by atoms with van der Waals surface area (Å²) in [6.07, 6.45) is 69.1. The quantitative estimate of drug-likeness (QED) is 0.0321. The maximum atomic E-state index is 12.5. The fourth-order valence-corrected chi connectivity index (χ4v) is 9.34. The van der Waals surface area contributed by atoms with Crippen LogP contribution in [0.15, 0.2) is 24.3 Å². The number of nitrogens with one attached hydrogen (secondary N) is 1. The fourth-order valence-electron chi connectivity index (χ4n) is 9.34.